The molecule has 2 aromatic heterocycles. The summed E-state index contributed by atoms with van der Waals surface area (Å²) in [4.78, 5) is 13.2. The molecule has 0 saturated carbocycles. The first-order chi connectivity index (χ1) is 9.88. The van der Waals surface area contributed by atoms with Crippen molar-refractivity contribution in [3.05, 3.63) is 54.2 Å². The zero-order chi connectivity index (χ0) is 13.8. The number of aromatic nitrogens is 4. The quantitative estimate of drug-likeness (QED) is 0.763. The van der Waals surface area contributed by atoms with Gasteiger partial charge in [-0.25, -0.2) is 15.0 Å². The lowest BCUT2D eigenvalue weighted by molar-refractivity contribution is 0.776. The predicted molar refractivity (Wildman–Crippen MR) is 78.5 cm³/mol. The van der Waals surface area contributed by atoms with Crippen molar-refractivity contribution >= 4 is 11.2 Å². The highest BCUT2D eigenvalue weighted by atomic mass is 15.1. The third-order valence-electron chi connectivity index (χ3n) is 3.28. The Morgan fingerprint density at radius 2 is 1.95 bits per heavy atom. The Balaban J connectivity index is 1.93. The van der Waals surface area contributed by atoms with Gasteiger partial charge in [-0.3, -0.25) is 0 Å². The number of hydrogen-bond acceptors (Lipinski definition) is 4. The molecule has 0 bridgehead atoms. The van der Waals surface area contributed by atoms with Gasteiger partial charge in [0.25, 0.3) is 0 Å². The smallest absolute Gasteiger partial charge is 0.163 e. The average molecular weight is 267 g/mol. The Hall–Kier alpha value is -2.27. The van der Waals surface area contributed by atoms with Gasteiger partial charge in [-0.1, -0.05) is 30.3 Å². The number of rotatable bonds is 5. The van der Waals surface area contributed by atoms with E-state index in [9.17, 15) is 0 Å². The first-order valence-corrected chi connectivity index (χ1v) is 6.71. The molecule has 0 spiro atoms. The highest BCUT2D eigenvalue weighted by molar-refractivity contribution is 5.73. The standard InChI is InChI=1S/C15H17N5/c1-16-8-7-13-14-15(18-10-17-13)20(11-19-14)9-12-5-3-2-4-6-12/h2-6,10-11,16H,7-9H2,1H3. The van der Waals surface area contributed by atoms with E-state index in [4.69, 9.17) is 0 Å². The van der Waals surface area contributed by atoms with E-state index in [0.717, 1.165) is 36.4 Å². The van der Waals surface area contributed by atoms with E-state index in [2.05, 4.69) is 37.0 Å². The van der Waals surface area contributed by atoms with Gasteiger partial charge in [0.1, 0.15) is 11.8 Å². The molecule has 0 amide bonds. The molecule has 0 unspecified atom stereocenters. The number of nitrogens with zero attached hydrogens (tertiary/aromatic N) is 4. The lowest BCUT2D eigenvalue weighted by Crippen LogP contribution is -2.11. The lowest BCUT2D eigenvalue weighted by atomic mass is 10.2. The second-order valence-corrected chi connectivity index (χ2v) is 4.70. The van der Waals surface area contributed by atoms with Crippen molar-refractivity contribution in [2.24, 2.45) is 0 Å². The zero-order valence-electron chi connectivity index (χ0n) is 11.5. The number of imidazole rings is 1. The van der Waals surface area contributed by atoms with Crippen LogP contribution in [-0.4, -0.2) is 33.1 Å². The number of nitrogens with one attached hydrogen (secondary N) is 1. The Morgan fingerprint density at radius 3 is 2.75 bits per heavy atom. The molecule has 0 aliphatic heterocycles. The third kappa shape index (κ3) is 2.53. The van der Waals surface area contributed by atoms with E-state index in [1.807, 2.05) is 31.6 Å². The number of hydrogen-bond donors (Lipinski definition) is 1. The summed E-state index contributed by atoms with van der Waals surface area (Å²) in [6, 6.07) is 10.3. The fourth-order valence-corrected chi connectivity index (χ4v) is 2.25. The molecule has 0 saturated heterocycles. The minimum Gasteiger partial charge on any atom is -0.319 e. The molecule has 102 valence electrons. The fraction of sp³-hybridized carbons (Fsp3) is 0.267. The second-order valence-electron chi connectivity index (χ2n) is 4.70. The Kier molecular flexibility index (Phi) is 3.69. The first-order valence-electron chi connectivity index (χ1n) is 6.71. The van der Waals surface area contributed by atoms with Crippen LogP contribution in [0.1, 0.15) is 11.3 Å². The lowest BCUT2D eigenvalue weighted by Gasteiger charge is -2.04. The van der Waals surface area contributed by atoms with Crippen molar-refractivity contribution in [1.29, 1.82) is 0 Å². The molecular weight excluding hydrogens is 250 g/mol. The third-order valence-corrected chi connectivity index (χ3v) is 3.28. The monoisotopic (exact) mass is 267 g/mol. The van der Waals surface area contributed by atoms with E-state index < -0.39 is 0 Å². The number of fused-ring (bicyclic) bond motifs is 1. The summed E-state index contributed by atoms with van der Waals surface area (Å²) in [5, 5.41) is 3.13. The molecule has 0 radical (unpaired) electrons. The summed E-state index contributed by atoms with van der Waals surface area (Å²) in [6.07, 6.45) is 4.32. The summed E-state index contributed by atoms with van der Waals surface area (Å²) < 4.78 is 2.06. The summed E-state index contributed by atoms with van der Waals surface area (Å²) >= 11 is 0. The van der Waals surface area contributed by atoms with E-state index >= 15 is 0 Å². The summed E-state index contributed by atoms with van der Waals surface area (Å²) in [5.41, 5.74) is 4.03. The van der Waals surface area contributed by atoms with Gasteiger partial charge in [0.2, 0.25) is 0 Å². The van der Waals surface area contributed by atoms with Gasteiger partial charge in [-0.15, -0.1) is 0 Å². The molecule has 2 heterocycles. The fourth-order valence-electron chi connectivity index (χ4n) is 2.25. The van der Waals surface area contributed by atoms with Gasteiger partial charge in [-0.2, -0.15) is 0 Å². The van der Waals surface area contributed by atoms with Crippen LogP contribution in [0.3, 0.4) is 0 Å². The summed E-state index contributed by atoms with van der Waals surface area (Å²) in [7, 11) is 1.94. The van der Waals surface area contributed by atoms with Crippen LogP contribution in [0.4, 0.5) is 0 Å². The van der Waals surface area contributed by atoms with Crippen LogP contribution in [-0.2, 0) is 13.0 Å². The topological polar surface area (TPSA) is 55.6 Å². The van der Waals surface area contributed by atoms with Crippen molar-refractivity contribution in [3.63, 3.8) is 0 Å². The second kappa shape index (κ2) is 5.79. The summed E-state index contributed by atoms with van der Waals surface area (Å²) in [5.74, 6) is 0. The molecule has 0 fully saturated rings. The van der Waals surface area contributed by atoms with E-state index in [1.165, 1.54) is 5.56 Å². The minimum absolute atomic E-state index is 0.778. The Morgan fingerprint density at radius 1 is 1.10 bits per heavy atom. The first kappa shape index (κ1) is 12.7. The van der Waals surface area contributed by atoms with E-state index in [1.54, 1.807) is 6.33 Å². The van der Waals surface area contributed by atoms with Crippen molar-refractivity contribution in [1.82, 2.24) is 24.8 Å². The Bertz CT molecular complexity index is 690. The maximum absolute atomic E-state index is 4.48. The van der Waals surface area contributed by atoms with Crippen LogP contribution in [0.15, 0.2) is 43.0 Å². The molecule has 1 N–H and O–H groups in total. The molecular formula is C15H17N5. The number of benzene rings is 1. The Labute approximate surface area is 117 Å². The van der Waals surface area contributed by atoms with Crippen LogP contribution >= 0.6 is 0 Å². The molecule has 3 aromatic rings. The molecule has 0 atom stereocenters. The molecule has 0 aliphatic carbocycles. The van der Waals surface area contributed by atoms with Crippen molar-refractivity contribution < 1.29 is 0 Å². The molecule has 20 heavy (non-hydrogen) atoms. The molecule has 5 heteroatoms. The van der Waals surface area contributed by atoms with Crippen molar-refractivity contribution in [2.75, 3.05) is 13.6 Å². The van der Waals surface area contributed by atoms with Gasteiger partial charge in [-0.05, 0) is 12.6 Å². The SMILES string of the molecule is CNCCc1ncnc2c1ncn2Cc1ccccc1. The maximum Gasteiger partial charge on any atom is 0.163 e. The zero-order valence-corrected chi connectivity index (χ0v) is 11.5. The van der Waals surface area contributed by atoms with E-state index in [0.29, 0.717) is 0 Å². The largest absolute Gasteiger partial charge is 0.319 e. The predicted octanol–water partition coefficient (Wildman–Crippen LogP) is 1.64. The van der Waals surface area contributed by atoms with Gasteiger partial charge in [0, 0.05) is 13.0 Å². The van der Waals surface area contributed by atoms with Crippen LogP contribution in [0.2, 0.25) is 0 Å². The molecule has 3 rings (SSSR count). The van der Waals surface area contributed by atoms with Crippen LogP contribution in [0.25, 0.3) is 11.2 Å². The van der Waals surface area contributed by atoms with Crippen LogP contribution in [0.5, 0.6) is 0 Å². The molecule has 0 aliphatic rings. The van der Waals surface area contributed by atoms with Crippen molar-refractivity contribution in [2.45, 2.75) is 13.0 Å². The average Bonchev–Trinajstić information content (AvgIpc) is 2.90. The minimum atomic E-state index is 0.778. The van der Waals surface area contributed by atoms with Crippen LogP contribution < -0.4 is 5.32 Å². The highest BCUT2D eigenvalue weighted by Gasteiger charge is 2.09. The highest BCUT2D eigenvalue weighted by Crippen LogP contribution is 2.14. The number of likely N-dealkylation sites (N-methyl/N-ethyl adjacent to an activating group) is 1. The van der Waals surface area contributed by atoms with Crippen LogP contribution in [0, 0.1) is 0 Å². The van der Waals surface area contributed by atoms with Gasteiger partial charge < -0.3 is 9.88 Å². The van der Waals surface area contributed by atoms with Crippen molar-refractivity contribution in [3.8, 4) is 0 Å². The maximum atomic E-state index is 4.48. The molecule has 1 aromatic carbocycles. The van der Waals surface area contributed by atoms with Gasteiger partial charge in [0.05, 0.1) is 18.6 Å². The van der Waals surface area contributed by atoms with Gasteiger partial charge in [0.15, 0.2) is 5.65 Å². The molecule has 5 nitrogen and oxygen atoms in total. The normalized spacial score (nSPS) is 11.1. The summed E-state index contributed by atoms with van der Waals surface area (Å²) in [6.45, 7) is 1.66. The van der Waals surface area contributed by atoms with E-state index in [-0.39, 0.29) is 0 Å². The van der Waals surface area contributed by atoms with Gasteiger partial charge >= 0.3 is 0 Å².